The lowest BCUT2D eigenvalue weighted by molar-refractivity contribution is -0.205. The third-order valence-electron chi connectivity index (χ3n) is 3.41. The van der Waals surface area contributed by atoms with E-state index in [4.69, 9.17) is 25.8 Å². The number of hydrogen-bond donors (Lipinski definition) is 6. The molecule has 1 fully saturated rings. The van der Waals surface area contributed by atoms with Gasteiger partial charge in [-0.05, 0) is 0 Å². The predicted molar refractivity (Wildman–Crippen MR) is 84.1 cm³/mol. The monoisotopic (exact) mass is 446 g/mol. The Hall–Kier alpha value is -1.69. The molecule has 6 N–H and O–H groups in total. The third-order valence-corrected chi connectivity index (χ3v) is 5.54. The van der Waals surface area contributed by atoms with Crippen molar-refractivity contribution in [2.45, 2.75) is 24.3 Å². The Balaban J connectivity index is 2.28. The molecule has 14 nitrogen and oxygen atoms in total. The number of rotatable bonds is 6. The Labute approximate surface area is 154 Å². The van der Waals surface area contributed by atoms with Crippen LogP contribution in [-0.2, 0) is 22.7 Å². The van der Waals surface area contributed by atoms with Crippen molar-refractivity contribution >= 4 is 15.6 Å². The van der Waals surface area contributed by atoms with Crippen LogP contribution in [0.4, 0.5) is 4.39 Å². The first kappa shape index (κ1) is 22.6. The third kappa shape index (κ3) is 4.83. The van der Waals surface area contributed by atoms with E-state index in [0.29, 0.717) is 4.57 Å². The van der Waals surface area contributed by atoms with E-state index >= 15 is 0 Å². The fourth-order valence-electron chi connectivity index (χ4n) is 2.20. The zero-order chi connectivity index (χ0) is 21.5. The number of phosphoric acid groups is 2. The highest BCUT2D eigenvalue weighted by Gasteiger charge is 2.57. The number of aromatic nitrogens is 2. The first-order chi connectivity index (χ1) is 12.7. The second-order valence-corrected chi connectivity index (χ2v) is 8.23. The molecule has 0 aliphatic carbocycles. The maximum absolute atomic E-state index is 14.8. The molecule has 1 saturated heterocycles. The van der Waals surface area contributed by atoms with Crippen LogP contribution < -0.4 is 11.2 Å². The molecule has 17 heteroatoms. The molecule has 2 rings (SSSR count). The van der Waals surface area contributed by atoms with Gasteiger partial charge in [-0.3, -0.25) is 18.9 Å². The van der Waals surface area contributed by atoms with Gasteiger partial charge in [-0.25, -0.2) is 18.3 Å². The van der Waals surface area contributed by atoms with Gasteiger partial charge in [0, 0.05) is 6.20 Å². The molecule has 1 aliphatic heterocycles. The SMILES string of the molecule is C#Cc1cn([C@@H]2O[C@](F)(COP(=O)(O)OP(=O)(O)O)[C@@H](O)[C@H]2O)c(=O)[nH]c1=O. The molecule has 156 valence electrons. The first-order valence-corrected chi connectivity index (χ1v) is 10.0. The van der Waals surface area contributed by atoms with Crippen molar-refractivity contribution in [2.24, 2.45) is 0 Å². The summed E-state index contributed by atoms with van der Waals surface area (Å²) in [5.74, 6) is -1.51. The fourth-order valence-corrected chi connectivity index (χ4v) is 3.80. The van der Waals surface area contributed by atoms with Gasteiger partial charge in [0.2, 0.25) is 0 Å². The summed E-state index contributed by atoms with van der Waals surface area (Å²) in [7, 11) is -11.0. The lowest BCUT2D eigenvalue weighted by atomic mass is 10.1. The van der Waals surface area contributed by atoms with Gasteiger partial charge in [-0.15, -0.1) is 6.42 Å². The summed E-state index contributed by atoms with van der Waals surface area (Å²) in [6.07, 6.45) is -0.766. The first-order valence-electron chi connectivity index (χ1n) is 6.98. The van der Waals surface area contributed by atoms with Crippen molar-refractivity contribution in [1.29, 1.82) is 0 Å². The number of hydrogen-bond acceptors (Lipinski definition) is 9. The van der Waals surface area contributed by atoms with Crippen LogP contribution in [0.5, 0.6) is 0 Å². The summed E-state index contributed by atoms with van der Waals surface area (Å²) in [6, 6.07) is 0. The minimum atomic E-state index is -5.49. The number of halogens is 1. The Kier molecular flexibility index (Phi) is 6.15. The van der Waals surface area contributed by atoms with Crippen LogP contribution >= 0.6 is 15.6 Å². The van der Waals surface area contributed by atoms with Crippen molar-refractivity contribution in [3.05, 3.63) is 32.6 Å². The largest absolute Gasteiger partial charge is 0.481 e. The number of nitrogens with zero attached hydrogens (tertiary/aromatic N) is 1. The molecular formula is C11H13FN2O12P2. The Bertz CT molecular complexity index is 1010. The lowest BCUT2D eigenvalue weighted by Gasteiger charge is -2.23. The van der Waals surface area contributed by atoms with E-state index in [2.05, 4.69) is 8.83 Å². The van der Waals surface area contributed by atoms with Crippen molar-refractivity contribution in [3.63, 3.8) is 0 Å². The van der Waals surface area contributed by atoms with E-state index < -0.39 is 63.4 Å². The highest BCUT2D eigenvalue weighted by atomic mass is 31.3. The van der Waals surface area contributed by atoms with Gasteiger partial charge in [-0.1, -0.05) is 5.92 Å². The summed E-state index contributed by atoms with van der Waals surface area (Å²) in [5.41, 5.74) is -2.54. The van der Waals surface area contributed by atoms with E-state index in [-0.39, 0.29) is 0 Å². The highest BCUT2D eigenvalue weighted by Crippen LogP contribution is 2.58. The van der Waals surface area contributed by atoms with Crippen LogP contribution in [0.3, 0.4) is 0 Å². The molecule has 0 radical (unpaired) electrons. The van der Waals surface area contributed by atoms with Gasteiger partial charge >= 0.3 is 21.3 Å². The maximum atomic E-state index is 14.8. The van der Waals surface area contributed by atoms with E-state index in [1.807, 2.05) is 5.92 Å². The summed E-state index contributed by atoms with van der Waals surface area (Å²) >= 11 is 0. The van der Waals surface area contributed by atoms with Gasteiger partial charge < -0.3 is 29.6 Å². The molecular weight excluding hydrogens is 433 g/mol. The number of H-pyrrole nitrogens is 1. The zero-order valence-corrected chi connectivity index (χ0v) is 15.2. The predicted octanol–water partition coefficient (Wildman–Crippen LogP) is -2.34. The molecule has 28 heavy (non-hydrogen) atoms. The Morgan fingerprint density at radius 1 is 1.36 bits per heavy atom. The molecule has 2 heterocycles. The summed E-state index contributed by atoms with van der Waals surface area (Å²) < 4.78 is 49.4. The van der Waals surface area contributed by atoms with Crippen LogP contribution in [-0.4, -0.2) is 59.1 Å². The molecule has 0 bridgehead atoms. The Morgan fingerprint density at radius 2 is 1.96 bits per heavy atom. The number of nitrogens with one attached hydrogen (secondary N) is 1. The van der Waals surface area contributed by atoms with Gasteiger partial charge in [0.05, 0.1) is 0 Å². The minimum absolute atomic E-state index is 0.396. The number of alkyl halides is 1. The van der Waals surface area contributed by atoms with Crippen molar-refractivity contribution in [3.8, 4) is 12.3 Å². The van der Waals surface area contributed by atoms with Crippen LogP contribution in [0.25, 0.3) is 0 Å². The topological polar surface area (TPSA) is 218 Å². The number of aliphatic hydroxyl groups is 2. The van der Waals surface area contributed by atoms with Gasteiger partial charge in [0.25, 0.3) is 11.4 Å². The molecule has 1 aromatic rings. The number of aromatic amines is 1. The van der Waals surface area contributed by atoms with Gasteiger partial charge in [-0.2, -0.15) is 4.31 Å². The number of aliphatic hydroxyl groups excluding tert-OH is 2. The van der Waals surface area contributed by atoms with E-state index in [1.54, 1.807) is 4.98 Å². The van der Waals surface area contributed by atoms with Crippen LogP contribution in [0.2, 0.25) is 0 Å². The number of ether oxygens (including phenoxy) is 1. The summed E-state index contributed by atoms with van der Waals surface area (Å²) in [4.78, 5) is 51.2. The quantitative estimate of drug-likeness (QED) is 0.200. The van der Waals surface area contributed by atoms with Crippen LogP contribution in [0.1, 0.15) is 11.8 Å². The van der Waals surface area contributed by atoms with Gasteiger partial charge in [0.15, 0.2) is 6.23 Å². The van der Waals surface area contributed by atoms with Gasteiger partial charge in [0.1, 0.15) is 24.4 Å². The van der Waals surface area contributed by atoms with E-state index in [1.165, 1.54) is 0 Å². The van der Waals surface area contributed by atoms with Crippen LogP contribution in [0.15, 0.2) is 15.8 Å². The standard InChI is InChI=1S/C11H13FN2O12P2/c1-2-5-3-14(10(18)13-8(5)17)9-6(15)7(16)11(12,25-9)4-24-28(22,23)26-27(19,20)21/h1,3,6-7,9,15-16H,4H2,(H,22,23)(H,13,17,18)(H2,19,20,21)/t6-,7+,9-,11-/m1/s1. The molecule has 0 saturated carbocycles. The minimum Gasteiger partial charge on any atom is -0.385 e. The molecule has 0 aromatic carbocycles. The second kappa shape index (κ2) is 7.62. The van der Waals surface area contributed by atoms with Crippen molar-refractivity contribution in [1.82, 2.24) is 9.55 Å². The number of terminal acetylenes is 1. The fraction of sp³-hybridized carbons (Fsp3) is 0.455. The highest BCUT2D eigenvalue weighted by molar-refractivity contribution is 7.60. The van der Waals surface area contributed by atoms with Crippen LogP contribution in [0, 0.1) is 12.3 Å². The Morgan fingerprint density at radius 3 is 2.50 bits per heavy atom. The normalized spacial score (nSPS) is 30.0. The molecule has 0 amide bonds. The molecule has 5 atom stereocenters. The maximum Gasteiger partial charge on any atom is 0.481 e. The summed E-state index contributed by atoms with van der Waals surface area (Å²) in [6.45, 7) is -1.64. The smallest absolute Gasteiger partial charge is 0.385 e. The second-order valence-electron chi connectivity index (χ2n) is 5.40. The van der Waals surface area contributed by atoms with E-state index in [0.717, 1.165) is 6.20 Å². The van der Waals surface area contributed by atoms with E-state index in [9.17, 15) is 33.3 Å². The average Bonchev–Trinajstić information content (AvgIpc) is 2.76. The molecule has 1 unspecified atom stereocenters. The lowest BCUT2D eigenvalue weighted by Crippen LogP contribution is -2.43. The molecule has 0 spiro atoms. The summed E-state index contributed by atoms with van der Waals surface area (Å²) in [5, 5.41) is 19.8. The molecule has 1 aliphatic rings. The molecule has 1 aromatic heterocycles. The number of phosphoric ester groups is 1. The zero-order valence-electron chi connectivity index (χ0n) is 13.4. The van der Waals surface area contributed by atoms with Crippen molar-refractivity contribution in [2.75, 3.05) is 6.61 Å². The average molecular weight is 446 g/mol. The van der Waals surface area contributed by atoms with Crippen molar-refractivity contribution < 1.29 is 52.0 Å².